The van der Waals surface area contributed by atoms with Crippen LogP contribution in [0.4, 0.5) is 5.13 Å². The molecule has 3 aromatic rings. The highest BCUT2D eigenvalue weighted by atomic mass is 32.1. The standard InChI is InChI=1S/C26H22N2O5S/c1-3-10-32-19-6-4-5-16(14-19)22-21(24(30)25(31)28(22)26-27-9-11-34-26)23(29)17-7-8-20-18(13-17)12-15(2)33-20/h3-9,11,13-15,22,29H,1,10,12H2,2H3/b23-21+/t15-,22-/m1/s1. The Labute approximate surface area is 200 Å². The maximum atomic E-state index is 13.3. The van der Waals surface area contributed by atoms with Gasteiger partial charge in [0, 0.05) is 23.6 Å². The van der Waals surface area contributed by atoms with Crippen molar-refractivity contribution in [2.45, 2.75) is 25.5 Å². The van der Waals surface area contributed by atoms with Gasteiger partial charge in [-0.15, -0.1) is 11.3 Å². The molecule has 0 unspecified atom stereocenters. The van der Waals surface area contributed by atoms with Crippen LogP contribution in [0.1, 0.15) is 29.7 Å². The number of carbonyl (C=O) groups excluding carboxylic acids is 2. The van der Waals surface area contributed by atoms with Gasteiger partial charge < -0.3 is 14.6 Å². The Balaban J connectivity index is 1.66. The van der Waals surface area contributed by atoms with Gasteiger partial charge in [-0.05, 0) is 48.4 Å². The number of Topliss-reactive ketones (excluding diaryl/α,β-unsaturated/α-hetero) is 1. The summed E-state index contributed by atoms with van der Waals surface area (Å²) in [6.07, 6.45) is 3.95. The molecule has 7 nitrogen and oxygen atoms in total. The van der Waals surface area contributed by atoms with Crippen LogP contribution in [0.15, 0.2) is 72.3 Å². The molecule has 0 saturated carbocycles. The number of thiazole rings is 1. The number of aromatic nitrogens is 1. The molecule has 1 saturated heterocycles. The first-order chi connectivity index (χ1) is 16.5. The van der Waals surface area contributed by atoms with Crippen LogP contribution in [0, 0.1) is 0 Å². The number of rotatable bonds is 6. The van der Waals surface area contributed by atoms with Gasteiger partial charge in [-0.25, -0.2) is 4.98 Å². The minimum atomic E-state index is -0.859. The van der Waals surface area contributed by atoms with Crippen LogP contribution in [0.2, 0.25) is 0 Å². The second-order valence-electron chi connectivity index (χ2n) is 8.11. The average molecular weight is 475 g/mol. The van der Waals surface area contributed by atoms with Crippen LogP contribution in [-0.2, 0) is 16.0 Å². The zero-order valence-corrected chi connectivity index (χ0v) is 19.2. The number of hydrogen-bond donors (Lipinski definition) is 1. The van der Waals surface area contributed by atoms with E-state index in [1.54, 1.807) is 54.1 Å². The fourth-order valence-corrected chi connectivity index (χ4v) is 5.00. The molecule has 1 amide bonds. The van der Waals surface area contributed by atoms with E-state index in [1.807, 2.05) is 13.0 Å². The van der Waals surface area contributed by atoms with Crippen molar-refractivity contribution < 1.29 is 24.2 Å². The van der Waals surface area contributed by atoms with E-state index < -0.39 is 17.7 Å². The Morgan fingerprint density at radius 1 is 1.32 bits per heavy atom. The van der Waals surface area contributed by atoms with E-state index in [4.69, 9.17) is 9.47 Å². The van der Waals surface area contributed by atoms with E-state index in [2.05, 4.69) is 11.6 Å². The molecule has 8 heteroatoms. The highest BCUT2D eigenvalue weighted by molar-refractivity contribution is 7.14. The highest BCUT2D eigenvalue weighted by Gasteiger charge is 2.48. The third kappa shape index (κ3) is 3.76. The first-order valence-electron chi connectivity index (χ1n) is 10.8. The van der Waals surface area contributed by atoms with Crippen molar-refractivity contribution in [1.29, 1.82) is 0 Å². The SMILES string of the molecule is C=CCOc1cccc([C@@H]2/C(=C(\O)c3ccc4c(c3)C[C@@H](C)O4)C(=O)C(=O)N2c2nccs2)c1. The van der Waals surface area contributed by atoms with Crippen LogP contribution >= 0.6 is 11.3 Å². The summed E-state index contributed by atoms with van der Waals surface area (Å²) < 4.78 is 11.4. The Morgan fingerprint density at radius 3 is 2.94 bits per heavy atom. The number of aliphatic hydroxyl groups excluding tert-OH is 1. The summed E-state index contributed by atoms with van der Waals surface area (Å²) in [6, 6.07) is 11.5. The van der Waals surface area contributed by atoms with E-state index in [1.165, 1.54) is 16.2 Å². The summed E-state index contributed by atoms with van der Waals surface area (Å²) in [5, 5.41) is 13.4. The number of anilines is 1. The molecule has 34 heavy (non-hydrogen) atoms. The second-order valence-corrected chi connectivity index (χ2v) is 8.98. The molecule has 2 aliphatic heterocycles. The van der Waals surface area contributed by atoms with Gasteiger partial charge in [-0.2, -0.15) is 0 Å². The minimum absolute atomic E-state index is 0.00739. The molecule has 1 aromatic heterocycles. The van der Waals surface area contributed by atoms with Crippen molar-refractivity contribution in [3.8, 4) is 11.5 Å². The second kappa shape index (κ2) is 8.79. The molecule has 1 N–H and O–H groups in total. The number of benzene rings is 2. The van der Waals surface area contributed by atoms with E-state index in [0.717, 1.165) is 11.3 Å². The number of nitrogens with zero attached hydrogens (tertiary/aromatic N) is 2. The van der Waals surface area contributed by atoms with Gasteiger partial charge in [0.25, 0.3) is 5.78 Å². The predicted octanol–water partition coefficient (Wildman–Crippen LogP) is 4.66. The number of aliphatic hydroxyl groups is 1. The molecular formula is C26H22N2O5S. The molecule has 5 rings (SSSR count). The number of hydrogen-bond acceptors (Lipinski definition) is 7. The largest absolute Gasteiger partial charge is 0.507 e. The number of amides is 1. The fourth-order valence-electron chi connectivity index (χ4n) is 4.33. The van der Waals surface area contributed by atoms with Gasteiger partial charge >= 0.3 is 5.91 Å². The summed E-state index contributed by atoms with van der Waals surface area (Å²) in [6.45, 7) is 5.94. The molecule has 2 aromatic carbocycles. The maximum Gasteiger partial charge on any atom is 0.301 e. The highest BCUT2D eigenvalue weighted by Crippen LogP contribution is 2.44. The number of ketones is 1. The number of fused-ring (bicyclic) bond motifs is 1. The molecule has 2 atom stereocenters. The van der Waals surface area contributed by atoms with Crippen molar-refractivity contribution in [3.63, 3.8) is 0 Å². The van der Waals surface area contributed by atoms with Crippen molar-refractivity contribution in [2.24, 2.45) is 0 Å². The smallest absolute Gasteiger partial charge is 0.301 e. The lowest BCUT2D eigenvalue weighted by atomic mass is 9.94. The molecular weight excluding hydrogens is 452 g/mol. The normalized spacial score (nSPS) is 20.8. The van der Waals surface area contributed by atoms with Gasteiger partial charge in [0.15, 0.2) is 5.13 Å². The number of carbonyl (C=O) groups is 2. The third-order valence-corrected chi connectivity index (χ3v) is 6.55. The Morgan fingerprint density at radius 2 is 2.18 bits per heavy atom. The first kappa shape index (κ1) is 21.9. The summed E-state index contributed by atoms with van der Waals surface area (Å²) >= 11 is 1.25. The van der Waals surface area contributed by atoms with Crippen LogP contribution in [0.25, 0.3) is 5.76 Å². The van der Waals surface area contributed by atoms with Crippen LogP contribution in [-0.4, -0.2) is 34.5 Å². The molecule has 1 fully saturated rings. The van der Waals surface area contributed by atoms with E-state index in [9.17, 15) is 14.7 Å². The summed E-state index contributed by atoms with van der Waals surface area (Å²) in [5.74, 6) is -0.416. The molecule has 0 radical (unpaired) electrons. The fraction of sp³-hybridized carbons (Fsp3) is 0.192. The van der Waals surface area contributed by atoms with Crippen molar-refractivity contribution in [3.05, 3.63) is 89.0 Å². The third-order valence-electron chi connectivity index (χ3n) is 5.78. The molecule has 2 aliphatic rings. The zero-order valence-electron chi connectivity index (χ0n) is 18.4. The quantitative estimate of drug-likeness (QED) is 0.242. The molecule has 0 spiro atoms. The Hall–Kier alpha value is -3.91. The summed E-state index contributed by atoms with van der Waals surface area (Å²) in [4.78, 5) is 32.0. The predicted molar refractivity (Wildman–Crippen MR) is 129 cm³/mol. The van der Waals surface area contributed by atoms with Gasteiger partial charge in [0.05, 0.1) is 11.6 Å². The minimum Gasteiger partial charge on any atom is -0.507 e. The van der Waals surface area contributed by atoms with Crippen LogP contribution in [0.5, 0.6) is 11.5 Å². The van der Waals surface area contributed by atoms with Crippen molar-refractivity contribution in [2.75, 3.05) is 11.5 Å². The average Bonchev–Trinajstić information content (AvgIpc) is 3.55. The van der Waals surface area contributed by atoms with Crippen molar-refractivity contribution >= 4 is 33.9 Å². The zero-order chi connectivity index (χ0) is 23.8. The van der Waals surface area contributed by atoms with Gasteiger partial charge in [-0.3, -0.25) is 14.5 Å². The van der Waals surface area contributed by atoms with Crippen LogP contribution < -0.4 is 14.4 Å². The van der Waals surface area contributed by atoms with Gasteiger partial charge in [-0.1, -0.05) is 24.8 Å². The molecule has 0 bridgehead atoms. The number of ether oxygens (including phenoxy) is 2. The monoisotopic (exact) mass is 474 g/mol. The maximum absolute atomic E-state index is 13.3. The van der Waals surface area contributed by atoms with Gasteiger partial charge in [0.1, 0.15) is 30.0 Å². The first-order valence-corrected chi connectivity index (χ1v) is 11.7. The van der Waals surface area contributed by atoms with Crippen LogP contribution in [0.3, 0.4) is 0 Å². The summed E-state index contributed by atoms with van der Waals surface area (Å²) in [5.41, 5.74) is 2.03. The lowest BCUT2D eigenvalue weighted by Crippen LogP contribution is -2.29. The Kier molecular flexibility index (Phi) is 5.67. The lowest BCUT2D eigenvalue weighted by Gasteiger charge is -2.23. The Bertz CT molecular complexity index is 1310. The molecule has 3 heterocycles. The van der Waals surface area contributed by atoms with E-state index >= 15 is 0 Å². The molecule has 0 aliphatic carbocycles. The molecule has 172 valence electrons. The van der Waals surface area contributed by atoms with E-state index in [-0.39, 0.29) is 17.4 Å². The summed E-state index contributed by atoms with van der Waals surface area (Å²) in [7, 11) is 0. The van der Waals surface area contributed by atoms with Crippen molar-refractivity contribution in [1.82, 2.24) is 4.98 Å². The lowest BCUT2D eigenvalue weighted by molar-refractivity contribution is -0.132. The van der Waals surface area contributed by atoms with E-state index in [0.29, 0.717) is 35.0 Å². The topological polar surface area (TPSA) is 89.0 Å². The van der Waals surface area contributed by atoms with Gasteiger partial charge in [0.2, 0.25) is 0 Å².